The molecule has 0 saturated heterocycles. The van der Waals surface area contributed by atoms with Crippen molar-refractivity contribution < 1.29 is 14.6 Å². The van der Waals surface area contributed by atoms with Crippen LogP contribution in [0.15, 0.2) is 0 Å². The first-order valence-corrected chi connectivity index (χ1v) is 5.64. The molecule has 0 spiro atoms. The molecule has 0 bridgehead atoms. The van der Waals surface area contributed by atoms with Gasteiger partial charge < -0.3 is 20.5 Å². The Hall–Kier alpha value is -0.810. The Kier molecular flexibility index (Phi) is 7.08. The van der Waals surface area contributed by atoms with E-state index in [1.165, 1.54) is 0 Å². The van der Waals surface area contributed by atoms with Crippen molar-refractivity contribution in [3.05, 3.63) is 0 Å². The molecule has 96 valence electrons. The third-order valence-corrected chi connectivity index (χ3v) is 1.87. The summed E-state index contributed by atoms with van der Waals surface area (Å²) in [4.78, 5) is 11.2. The quantitative estimate of drug-likeness (QED) is 0.635. The molecule has 0 fully saturated rings. The molecule has 5 heteroatoms. The molecule has 0 aliphatic carbocycles. The van der Waals surface area contributed by atoms with Crippen LogP contribution in [0.5, 0.6) is 0 Å². The van der Waals surface area contributed by atoms with E-state index in [1.807, 2.05) is 27.8 Å². The number of hydrogen-bond acceptors (Lipinski definition) is 4. The van der Waals surface area contributed by atoms with Gasteiger partial charge in [0.05, 0.1) is 6.10 Å². The molecule has 0 radical (unpaired) electrons. The highest BCUT2D eigenvalue weighted by Gasteiger charge is 2.15. The second-order valence-electron chi connectivity index (χ2n) is 4.76. The van der Waals surface area contributed by atoms with Crippen LogP contribution >= 0.6 is 0 Å². The maximum atomic E-state index is 11.2. The average molecular weight is 232 g/mol. The number of nitrogens with one attached hydrogen (secondary N) is 2. The predicted molar refractivity (Wildman–Crippen MR) is 63.4 cm³/mol. The largest absolute Gasteiger partial charge is 0.444 e. The Balaban J connectivity index is 3.54. The fourth-order valence-corrected chi connectivity index (χ4v) is 1.11. The molecule has 0 aromatic heterocycles. The molecule has 3 N–H and O–H groups in total. The summed E-state index contributed by atoms with van der Waals surface area (Å²) in [5.74, 6) is 0. The van der Waals surface area contributed by atoms with Crippen LogP contribution in [0, 0.1) is 0 Å². The summed E-state index contributed by atoms with van der Waals surface area (Å²) in [6.07, 6.45) is 0.406. The van der Waals surface area contributed by atoms with Gasteiger partial charge in [0.1, 0.15) is 5.60 Å². The molecule has 0 aromatic rings. The van der Waals surface area contributed by atoms with E-state index >= 15 is 0 Å². The van der Waals surface area contributed by atoms with Gasteiger partial charge in [0.15, 0.2) is 0 Å². The number of alkyl carbamates (subject to hydrolysis) is 1. The Labute approximate surface area is 97.6 Å². The standard InChI is InChI=1S/C11H24N2O3/c1-11(2,3)16-10(15)13-8-6-9(14)5-7-12-4/h9,12,14H,5-8H2,1-4H3,(H,13,15). The molecule has 0 aliphatic rings. The fourth-order valence-electron chi connectivity index (χ4n) is 1.11. The van der Waals surface area contributed by atoms with Crippen LogP contribution in [-0.4, -0.2) is 43.0 Å². The van der Waals surface area contributed by atoms with Gasteiger partial charge in [0.25, 0.3) is 0 Å². The average Bonchev–Trinajstić information content (AvgIpc) is 2.11. The summed E-state index contributed by atoms with van der Waals surface area (Å²) < 4.78 is 5.06. The van der Waals surface area contributed by atoms with Gasteiger partial charge in [-0.25, -0.2) is 4.79 Å². The van der Waals surface area contributed by atoms with E-state index < -0.39 is 11.7 Å². The van der Waals surface area contributed by atoms with Crippen molar-refractivity contribution in [2.75, 3.05) is 20.1 Å². The van der Waals surface area contributed by atoms with Crippen LogP contribution in [0.25, 0.3) is 0 Å². The number of amides is 1. The third kappa shape index (κ3) is 9.73. The highest BCUT2D eigenvalue weighted by Crippen LogP contribution is 2.06. The van der Waals surface area contributed by atoms with Gasteiger partial charge in [-0.3, -0.25) is 0 Å². The second-order valence-corrected chi connectivity index (χ2v) is 4.76. The third-order valence-electron chi connectivity index (χ3n) is 1.87. The Morgan fingerprint density at radius 1 is 1.31 bits per heavy atom. The van der Waals surface area contributed by atoms with E-state index in [0.29, 0.717) is 19.4 Å². The lowest BCUT2D eigenvalue weighted by Gasteiger charge is -2.20. The molecule has 0 heterocycles. The summed E-state index contributed by atoms with van der Waals surface area (Å²) in [5, 5.41) is 15.1. The minimum atomic E-state index is -0.477. The summed E-state index contributed by atoms with van der Waals surface area (Å²) in [6, 6.07) is 0. The van der Waals surface area contributed by atoms with Crippen LogP contribution < -0.4 is 10.6 Å². The van der Waals surface area contributed by atoms with Crippen LogP contribution in [0.2, 0.25) is 0 Å². The minimum Gasteiger partial charge on any atom is -0.444 e. The van der Waals surface area contributed by atoms with E-state index in [4.69, 9.17) is 4.74 Å². The Morgan fingerprint density at radius 3 is 2.38 bits per heavy atom. The summed E-state index contributed by atoms with van der Waals surface area (Å²) >= 11 is 0. The van der Waals surface area contributed by atoms with Crippen molar-refractivity contribution in [1.82, 2.24) is 10.6 Å². The topological polar surface area (TPSA) is 70.6 Å². The molecule has 0 rings (SSSR count). The highest BCUT2D eigenvalue weighted by molar-refractivity contribution is 5.67. The first kappa shape index (κ1) is 15.2. The maximum Gasteiger partial charge on any atom is 0.407 e. The van der Waals surface area contributed by atoms with E-state index in [0.717, 1.165) is 6.54 Å². The van der Waals surface area contributed by atoms with Gasteiger partial charge in [0.2, 0.25) is 0 Å². The van der Waals surface area contributed by atoms with Crippen molar-refractivity contribution in [1.29, 1.82) is 0 Å². The maximum absolute atomic E-state index is 11.2. The molecule has 0 aliphatic heterocycles. The second kappa shape index (κ2) is 7.46. The van der Waals surface area contributed by atoms with E-state index in [1.54, 1.807) is 0 Å². The minimum absolute atomic E-state index is 0.387. The lowest BCUT2D eigenvalue weighted by Crippen LogP contribution is -2.34. The molecular formula is C11H24N2O3. The van der Waals surface area contributed by atoms with Crippen molar-refractivity contribution in [3.8, 4) is 0 Å². The van der Waals surface area contributed by atoms with Gasteiger partial charge in [0, 0.05) is 6.54 Å². The van der Waals surface area contributed by atoms with Crippen molar-refractivity contribution >= 4 is 6.09 Å². The smallest absolute Gasteiger partial charge is 0.407 e. The summed E-state index contributed by atoms with van der Waals surface area (Å²) in [5.41, 5.74) is -0.477. The van der Waals surface area contributed by atoms with E-state index in [2.05, 4.69) is 10.6 Å². The molecule has 1 unspecified atom stereocenters. The molecule has 1 atom stereocenters. The van der Waals surface area contributed by atoms with Crippen molar-refractivity contribution in [2.24, 2.45) is 0 Å². The summed E-state index contributed by atoms with van der Waals surface area (Å²) in [7, 11) is 1.84. The first-order valence-electron chi connectivity index (χ1n) is 5.64. The van der Waals surface area contributed by atoms with Gasteiger partial charge in [-0.1, -0.05) is 0 Å². The monoisotopic (exact) mass is 232 g/mol. The number of carbonyl (C=O) groups excluding carboxylic acids is 1. The Morgan fingerprint density at radius 2 is 1.88 bits per heavy atom. The van der Waals surface area contributed by atoms with Crippen molar-refractivity contribution in [2.45, 2.75) is 45.3 Å². The zero-order valence-corrected chi connectivity index (χ0v) is 10.7. The van der Waals surface area contributed by atoms with Crippen molar-refractivity contribution in [3.63, 3.8) is 0 Å². The van der Waals surface area contributed by atoms with E-state index in [9.17, 15) is 9.90 Å². The van der Waals surface area contributed by atoms with Crippen LogP contribution in [0.4, 0.5) is 4.79 Å². The molecule has 0 aromatic carbocycles. The van der Waals surface area contributed by atoms with Crippen LogP contribution in [-0.2, 0) is 4.74 Å². The van der Waals surface area contributed by atoms with Gasteiger partial charge in [-0.2, -0.15) is 0 Å². The zero-order chi connectivity index (χ0) is 12.6. The van der Waals surface area contributed by atoms with Crippen LogP contribution in [0.1, 0.15) is 33.6 Å². The van der Waals surface area contributed by atoms with Gasteiger partial charge in [-0.15, -0.1) is 0 Å². The van der Waals surface area contributed by atoms with Crippen LogP contribution in [0.3, 0.4) is 0 Å². The molecule has 0 saturated carbocycles. The van der Waals surface area contributed by atoms with E-state index in [-0.39, 0.29) is 6.10 Å². The number of ether oxygens (including phenoxy) is 1. The number of carbonyl (C=O) groups is 1. The van der Waals surface area contributed by atoms with Gasteiger partial charge in [-0.05, 0) is 47.2 Å². The Bertz CT molecular complexity index is 202. The molecule has 16 heavy (non-hydrogen) atoms. The molecular weight excluding hydrogens is 208 g/mol. The molecule has 5 nitrogen and oxygen atoms in total. The fraction of sp³-hybridized carbons (Fsp3) is 0.909. The predicted octanol–water partition coefficient (Wildman–Crippen LogP) is 0.872. The SMILES string of the molecule is CNCCC(O)CCNC(=O)OC(C)(C)C. The number of rotatable bonds is 6. The number of hydrogen-bond donors (Lipinski definition) is 3. The number of aliphatic hydroxyl groups excluding tert-OH is 1. The zero-order valence-electron chi connectivity index (χ0n) is 10.7. The number of aliphatic hydroxyl groups is 1. The van der Waals surface area contributed by atoms with Gasteiger partial charge >= 0.3 is 6.09 Å². The molecule has 1 amide bonds. The summed E-state index contributed by atoms with van der Waals surface area (Å²) in [6.45, 7) is 6.64. The normalized spacial score (nSPS) is 13.3. The highest BCUT2D eigenvalue weighted by atomic mass is 16.6. The lowest BCUT2D eigenvalue weighted by atomic mass is 10.2. The lowest BCUT2D eigenvalue weighted by molar-refractivity contribution is 0.0517. The first-order chi connectivity index (χ1) is 7.35.